The maximum absolute atomic E-state index is 12.5. The van der Waals surface area contributed by atoms with Crippen LogP contribution in [0.5, 0.6) is 0 Å². The maximum Gasteiger partial charge on any atom is 0.274 e. The van der Waals surface area contributed by atoms with Crippen molar-refractivity contribution in [1.29, 1.82) is 0 Å². The molecule has 0 bridgehead atoms. The number of carbonyl (C=O) groups is 1. The summed E-state index contributed by atoms with van der Waals surface area (Å²) in [5.74, 6) is -0.154. The lowest BCUT2D eigenvalue weighted by atomic mass is 10.0. The lowest BCUT2D eigenvalue weighted by Gasteiger charge is -2.20. The molecule has 6 nitrogen and oxygen atoms in total. The van der Waals surface area contributed by atoms with Gasteiger partial charge in [0.25, 0.3) is 11.5 Å². The van der Waals surface area contributed by atoms with Gasteiger partial charge in [-0.15, -0.1) is 11.3 Å². The van der Waals surface area contributed by atoms with Crippen LogP contribution < -0.4 is 15.8 Å². The molecule has 1 aliphatic heterocycles. The standard InChI is InChI=1S/C20H20N4O2S/c25-19(21-12-16-7-4-10-27-16)15-6-3-5-14(11-15)18-17(13-22-23-20(18)26)24-8-1-2-9-24/h3-7,10-11,13H,1-2,8-9,12H2,(H,21,25)(H,23,26). The first-order valence-corrected chi connectivity index (χ1v) is 9.84. The van der Waals surface area contributed by atoms with Crippen LogP contribution in [-0.2, 0) is 6.54 Å². The predicted octanol–water partition coefficient (Wildman–Crippen LogP) is 3.03. The second kappa shape index (κ2) is 7.75. The van der Waals surface area contributed by atoms with Crippen molar-refractivity contribution in [1.82, 2.24) is 15.5 Å². The summed E-state index contributed by atoms with van der Waals surface area (Å²) in [7, 11) is 0. The van der Waals surface area contributed by atoms with Crippen LogP contribution >= 0.6 is 11.3 Å². The van der Waals surface area contributed by atoms with Gasteiger partial charge in [-0.05, 0) is 42.0 Å². The number of carbonyl (C=O) groups excluding carboxylic acids is 1. The smallest absolute Gasteiger partial charge is 0.274 e. The largest absolute Gasteiger partial charge is 0.370 e. The van der Waals surface area contributed by atoms with Crippen LogP contribution in [0.3, 0.4) is 0 Å². The van der Waals surface area contributed by atoms with Gasteiger partial charge >= 0.3 is 0 Å². The van der Waals surface area contributed by atoms with Crippen molar-refractivity contribution in [3.8, 4) is 11.1 Å². The van der Waals surface area contributed by atoms with Gasteiger partial charge < -0.3 is 10.2 Å². The van der Waals surface area contributed by atoms with Crippen molar-refractivity contribution in [2.45, 2.75) is 19.4 Å². The number of nitrogens with one attached hydrogen (secondary N) is 2. The first kappa shape index (κ1) is 17.5. The molecule has 138 valence electrons. The minimum Gasteiger partial charge on any atom is -0.370 e. The van der Waals surface area contributed by atoms with Gasteiger partial charge in [0.1, 0.15) is 0 Å². The SMILES string of the molecule is O=C(NCc1cccs1)c1cccc(-c2c(N3CCCC3)cn[nH]c2=O)c1. The average Bonchev–Trinajstić information content (AvgIpc) is 3.40. The fourth-order valence-corrected chi connectivity index (χ4v) is 4.01. The van der Waals surface area contributed by atoms with Gasteiger partial charge in [-0.2, -0.15) is 5.10 Å². The number of anilines is 1. The summed E-state index contributed by atoms with van der Waals surface area (Å²) in [5, 5.41) is 11.4. The van der Waals surface area contributed by atoms with Crippen LogP contribution in [0.2, 0.25) is 0 Å². The van der Waals surface area contributed by atoms with Gasteiger partial charge in [0.15, 0.2) is 0 Å². The third-order valence-electron chi connectivity index (χ3n) is 4.70. The van der Waals surface area contributed by atoms with Crippen molar-refractivity contribution >= 4 is 22.9 Å². The maximum atomic E-state index is 12.5. The molecule has 1 amide bonds. The number of nitrogens with zero attached hydrogens (tertiary/aromatic N) is 2. The van der Waals surface area contributed by atoms with Crippen LogP contribution in [0, 0.1) is 0 Å². The fraction of sp³-hybridized carbons (Fsp3) is 0.250. The monoisotopic (exact) mass is 380 g/mol. The Morgan fingerprint density at radius 3 is 2.85 bits per heavy atom. The lowest BCUT2D eigenvalue weighted by molar-refractivity contribution is 0.0951. The number of H-pyrrole nitrogens is 1. The van der Waals surface area contributed by atoms with Gasteiger partial charge in [-0.1, -0.05) is 18.2 Å². The minimum absolute atomic E-state index is 0.154. The summed E-state index contributed by atoms with van der Waals surface area (Å²) in [5.41, 5.74) is 2.42. The Labute approximate surface area is 160 Å². The average molecular weight is 380 g/mol. The summed E-state index contributed by atoms with van der Waals surface area (Å²) < 4.78 is 0. The predicted molar refractivity (Wildman–Crippen MR) is 107 cm³/mol. The molecule has 1 aliphatic rings. The number of aromatic amines is 1. The van der Waals surface area contributed by atoms with Crippen LogP contribution in [0.4, 0.5) is 5.69 Å². The Balaban J connectivity index is 1.63. The summed E-state index contributed by atoms with van der Waals surface area (Å²) in [6.07, 6.45) is 3.92. The van der Waals surface area contributed by atoms with Gasteiger partial charge in [0.05, 0.1) is 24.0 Å². The molecule has 0 unspecified atom stereocenters. The molecule has 4 rings (SSSR count). The van der Waals surface area contributed by atoms with E-state index in [0.717, 1.165) is 42.1 Å². The highest BCUT2D eigenvalue weighted by Gasteiger charge is 2.20. The van der Waals surface area contributed by atoms with Crippen molar-refractivity contribution in [2.24, 2.45) is 0 Å². The van der Waals surface area contributed by atoms with Gasteiger partial charge in [-0.25, -0.2) is 5.10 Å². The lowest BCUT2D eigenvalue weighted by Crippen LogP contribution is -2.24. The van der Waals surface area contributed by atoms with E-state index in [-0.39, 0.29) is 11.5 Å². The third-order valence-corrected chi connectivity index (χ3v) is 5.58. The van der Waals surface area contributed by atoms with Crippen molar-refractivity contribution in [3.63, 3.8) is 0 Å². The molecular formula is C20H20N4O2S. The molecule has 3 heterocycles. The van der Waals surface area contributed by atoms with Crippen LogP contribution in [-0.4, -0.2) is 29.2 Å². The highest BCUT2D eigenvalue weighted by atomic mass is 32.1. The van der Waals surface area contributed by atoms with Crippen molar-refractivity contribution < 1.29 is 4.79 Å². The molecule has 27 heavy (non-hydrogen) atoms. The first-order chi connectivity index (χ1) is 13.2. The molecule has 3 aromatic rings. The second-order valence-electron chi connectivity index (χ2n) is 6.50. The topological polar surface area (TPSA) is 78.1 Å². The summed E-state index contributed by atoms with van der Waals surface area (Å²) in [6.45, 7) is 2.33. The molecular weight excluding hydrogens is 360 g/mol. The van der Waals surface area contributed by atoms with E-state index >= 15 is 0 Å². The number of hydrogen-bond donors (Lipinski definition) is 2. The van der Waals surface area contributed by atoms with Crippen LogP contribution in [0.15, 0.2) is 52.8 Å². The first-order valence-electron chi connectivity index (χ1n) is 8.96. The van der Waals surface area contributed by atoms with E-state index in [4.69, 9.17) is 0 Å². The molecule has 2 N–H and O–H groups in total. The zero-order chi connectivity index (χ0) is 18.6. The Kier molecular flexibility index (Phi) is 5.02. The second-order valence-corrected chi connectivity index (χ2v) is 7.53. The number of thiophene rings is 1. The van der Waals surface area contributed by atoms with E-state index in [1.807, 2.05) is 29.6 Å². The van der Waals surface area contributed by atoms with E-state index in [9.17, 15) is 9.59 Å². The Bertz CT molecular complexity index is 991. The quantitative estimate of drug-likeness (QED) is 0.713. The molecule has 0 saturated carbocycles. The summed E-state index contributed by atoms with van der Waals surface area (Å²) in [4.78, 5) is 28.3. The molecule has 1 saturated heterocycles. The Morgan fingerprint density at radius 2 is 2.07 bits per heavy atom. The minimum atomic E-state index is -0.240. The zero-order valence-corrected chi connectivity index (χ0v) is 15.6. The number of hydrogen-bond acceptors (Lipinski definition) is 5. The number of benzene rings is 1. The fourth-order valence-electron chi connectivity index (χ4n) is 3.36. The molecule has 1 fully saturated rings. The molecule has 0 spiro atoms. The number of amides is 1. The van der Waals surface area contributed by atoms with Crippen LogP contribution in [0.25, 0.3) is 11.1 Å². The van der Waals surface area contributed by atoms with Gasteiger partial charge in [0, 0.05) is 23.5 Å². The van der Waals surface area contributed by atoms with Crippen molar-refractivity contribution in [2.75, 3.05) is 18.0 Å². The highest BCUT2D eigenvalue weighted by Crippen LogP contribution is 2.29. The van der Waals surface area contributed by atoms with E-state index in [0.29, 0.717) is 17.7 Å². The summed E-state index contributed by atoms with van der Waals surface area (Å²) >= 11 is 1.61. The summed E-state index contributed by atoms with van der Waals surface area (Å²) in [6, 6.07) is 11.2. The van der Waals surface area contributed by atoms with Crippen molar-refractivity contribution in [3.05, 3.63) is 68.8 Å². The molecule has 1 aromatic carbocycles. The molecule has 0 atom stereocenters. The third kappa shape index (κ3) is 3.78. The zero-order valence-electron chi connectivity index (χ0n) is 14.8. The van der Waals surface area contributed by atoms with Gasteiger partial charge in [0.2, 0.25) is 0 Å². The molecule has 0 aliphatic carbocycles. The molecule has 0 radical (unpaired) electrons. The normalized spacial score (nSPS) is 13.7. The van der Waals surface area contributed by atoms with Gasteiger partial charge in [-0.3, -0.25) is 9.59 Å². The number of rotatable bonds is 5. The molecule has 7 heteroatoms. The highest BCUT2D eigenvalue weighted by molar-refractivity contribution is 7.09. The van der Waals surface area contributed by atoms with E-state index < -0.39 is 0 Å². The van der Waals surface area contributed by atoms with E-state index in [2.05, 4.69) is 20.4 Å². The van der Waals surface area contributed by atoms with Crippen LogP contribution in [0.1, 0.15) is 28.1 Å². The number of aromatic nitrogens is 2. The van der Waals surface area contributed by atoms with E-state index in [1.54, 1.807) is 29.7 Å². The Hall–Kier alpha value is -2.93. The molecule has 2 aromatic heterocycles. The Morgan fingerprint density at radius 1 is 1.22 bits per heavy atom. The van der Waals surface area contributed by atoms with E-state index in [1.165, 1.54) is 0 Å².